The molecule has 0 aliphatic heterocycles. The quantitative estimate of drug-likeness (QED) is 0.508. The van der Waals surface area contributed by atoms with E-state index >= 15 is 0 Å². The van der Waals surface area contributed by atoms with Crippen LogP contribution in [-0.2, 0) is 28.5 Å². The molecule has 5 heteroatoms. The van der Waals surface area contributed by atoms with Crippen LogP contribution in [-0.4, -0.2) is 45.0 Å². The summed E-state index contributed by atoms with van der Waals surface area (Å²) in [4.78, 5) is 0. The third-order valence-electron chi connectivity index (χ3n) is 0. The summed E-state index contributed by atoms with van der Waals surface area (Å²) in [6.45, 7) is 0. The first-order valence-electron chi connectivity index (χ1n) is 0.408. The van der Waals surface area contributed by atoms with Gasteiger partial charge >= 0.3 is 51.2 Å². The molecular formula is AgO2Sn2. The van der Waals surface area contributed by atoms with E-state index in [-0.39, 0.29) is 22.4 Å². The van der Waals surface area contributed by atoms with E-state index in [4.69, 9.17) is 6.15 Å². The van der Waals surface area contributed by atoms with Crippen LogP contribution in [0.1, 0.15) is 0 Å². The Morgan fingerprint density at radius 2 is 0.800 bits per heavy atom. The van der Waals surface area contributed by atoms with E-state index in [1.165, 1.54) is 0 Å². The third-order valence-corrected chi connectivity index (χ3v) is 0. The van der Waals surface area contributed by atoms with Gasteiger partial charge in [0.25, 0.3) is 0 Å². The van der Waals surface area contributed by atoms with Crippen molar-refractivity contribution in [2.45, 2.75) is 0 Å². The molecule has 0 aromatic rings. The van der Waals surface area contributed by atoms with Crippen LogP contribution >= 0.6 is 0 Å². The molecular weight excluding hydrogens is 377 g/mol. The molecule has 0 amide bonds. The fourth-order valence-corrected chi connectivity index (χ4v) is 0. The van der Waals surface area contributed by atoms with E-state index in [0.29, 0.717) is 45.0 Å². The van der Waals surface area contributed by atoms with E-state index in [2.05, 4.69) is 0 Å². The molecule has 0 heterocycles. The predicted molar refractivity (Wildman–Crippen MR) is 12.9 cm³/mol. The molecule has 0 aliphatic carbocycles. The molecule has 0 spiro atoms. The summed E-state index contributed by atoms with van der Waals surface area (Å²) in [6.07, 6.45) is 0. The van der Waals surface area contributed by atoms with Crippen molar-refractivity contribution in [3.8, 4) is 0 Å². The van der Waals surface area contributed by atoms with Crippen LogP contribution in [0.5, 0.6) is 0 Å². The Balaban J connectivity index is -0.0000000133. The van der Waals surface area contributed by atoms with Crippen molar-refractivity contribution in [1.29, 1.82) is 0 Å². The molecule has 0 saturated carbocycles. The van der Waals surface area contributed by atoms with E-state index in [0.717, 1.165) is 0 Å². The van der Waals surface area contributed by atoms with Gasteiger partial charge in [0.15, 0.2) is 0 Å². The fourth-order valence-electron chi connectivity index (χ4n) is 0. The van der Waals surface area contributed by atoms with Crippen molar-refractivity contribution in [1.82, 2.24) is 0 Å². The third kappa shape index (κ3) is 24.5. The van der Waals surface area contributed by atoms with Gasteiger partial charge in [0.05, 0.1) is 0 Å². The number of hydrogen-bond acceptors (Lipinski definition) is 2. The van der Waals surface area contributed by atoms with Gasteiger partial charge in [-0.1, -0.05) is 0 Å². The Kier molecular flexibility index (Phi) is 122. The summed E-state index contributed by atoms with van der Waals surface area (Å²) < 4.78 is 16.7. The van der Waals surface area contributed by atoms with Crippen molar-refractivity contribution in [3.05, 3.63) is 0 Å². The molecule has 0 bridgehead atoms. The predicted octanol–water partition coefficient (Wildman–Crippen LogP) is -1.00. The molecule has 31 valence electrons. The summed E-state index contributed by atoms with van der Waals surface area (Å²) in [5.74, 6) is 0. The minimum atomic E-state index is 0. The van der Waals surface area contributed by atoms with E-state index in [1.54, 1.807) is 0 Å². The van der Waals surface area contributed by atoms with Crippen LogP contribution in [0.15, 0.2) is 0 Å². The second-order valence-corrected chi connectivity index (χ2v) is 0. The molecule has 0 aliphatic rings. The first kappa shape index (κ1) is 15.8. The van der Waals surface area contributed by atoms with Gasteiger partial charge in [-0.25, -0.2) is 0 Å². The van der Waals surface area contributed by atoms with E-state index < -0.39 is 0 Å². The first-order valence-corrected chi connectivity index (χ1v) is 2.74. The zero-order chi connectivity index (χ0) is 4.00. The van der Waals surface area contributed by atoms with Crippen LogP contribution in [0.3, 0.4) is 0 Å². The van der Waals surface area contributed by atoms with Crippen LogP contribution in [0.25, 0.3) is 0 Å². The molecule has 0 unspecified atom stereocenters. The van der Waals surface area contributed by atoms with Gasteiger partial charge in [-0.2, -0.15) is 0 Å². The molecule has 5 radical (unpaired) electrons. The van der Waals surface area contributed by atoms with Crippen LogP contribution in [0.4, 0.5) is 0 Å². The first-order chi connectivity index (χ1) is 2.00. The van der Waals surface area contributed by atoms with Crippen LogP contribution < -0.4 is 0 Å². The van der Waals surface area contributed by atoms with Crippen molar-refractivity contribution in [3.63, 3.8) is 0 Å². The molecule has 2 nitrogen and oxygen atoms in total. The Morgan fingerprint density at radius 1 is 0.800 bits per heavy atom. The summed E-state index contributed by atoms with van der Waals surface area (Å²) in [5, 5.41) is 0. The maximum atomic E-state index is 8.34. The van der Waals surface area contributed by atoms with Gasteiger partial charge in [0.2, 0.25) is 0 Å². The van der Waals surface area contributed by atoms with Gasteiger partial charge in [0, 0.05) is 22.4 Å². The van der Waals surface area contributed by atoms with Gasteiger partial charge in [-0.15, -0.1) is 0 Å². The van der Waals surface area contributed by atoms with Gasteiger partial charge in [0.1, 0.15) is 0 Å². The molecule has 0 saturated heterocycles. The van der Waals surface area contributed by atoms with Crippen LogP contribution in [0, 0.1) is 0 Å². The molecule has 0 atom stereocenters. The van der Waals surface area contributed by atoms with Gasteiger partial charge < -0.3 is 0 Å². The zero-order valence-electron chi connectivity index (χ0n) is 2.12. The maximum absolute atomic E-state index is 8.34. The van der Waals surface area contributed by atoms with E-state index in [1.807, 2.05) is 0 Å². The zero-order valence-corrected chi connectivity index (χ0v) is 9.31. The monoisotopic (exact) mass is 379 g/mol. The summed E-state index contributed by atoms with van der Waals surface area (Å²) in [5.41, 5.74) is 0. The minimum absolute atomic E-state index is 0. The molecule has 0 rings (SSSR count). The Hall–Kier alpha value is 1.94. The number of hydrogen-bond donors (Lipinski definition) is 0. The Morgan fingerprint density at radius 3 is 0.800 bits per heavy atom. The van der Waals surface area contributed by atoms with Crippen molar-refractivity contribution < 1.29 is 28.5 Å². The SMILES string of the molecule is [Ag].[O]=[Sn].[O]=[Sn]. The average Bonchev–Trinajstić information content (AvgIpc) is 1.50. The van der Waals surface area contributed by atoms with E-state index in [9.17, 15) is 0 Å². The number of rotatable bonds is 0. The molecule has 0 aromatic carbocycles. The van der Waals surface area contributed by atoms with Crippen molar-refractivity contribution in [2.24, 2.45) is 0 Å². The molecule has 0 fully saturated rings. The summed E-state index contributed by atoms with van der Waals surface area (Å²) in [6, 6.07) is 0. The Labute approximate surface area is 72.5 Å². The summed E-state index contributed by atoms with van der Waals surface area (Å²) in [7, 11) is 0. The van der Waals surface area contributed by atoms with Gasteiger partial charge in [-0.05, 0) is 0 Å². The molecule has 0 aromatic heterocycles. The second kappa shape index (κ2) is 38.6. The van der Waals surface area contributed by atoms with Crippen molar-refractivity contribution >= 4 is 45.0 Å². The normalized spacial score (nSPS) is 1.60. The van der Waals surface area contributed by atoms with Gasteiger partial charge in [-0.3, -0.25) is 0 Å². The molecule has 0 N–H and O–H groups in total. The fraction of sp³-hybridized carbons (Fsp3) is 0. The summed E-state index contributed by atoms with van der Waals surface area (Å²) >= 11 is 0.600. The Bertz CT molecular complexity index is 9.61. The average molecular weight is 377 g/mol. The topological polar surface area (TPSA) is 34.1 Å². The standard InChI is InChI=1S/Ag.2O.2Sn. The second-order valence-electron chi connectivity index (χ2n) is 0. The van der Waals surface area contributed by atoms with Crippen LogP contribution in [0.2, 0.25) is 0 Å². The molecule has 5 heavy (non-hydrogen) atoms. The van der Waals surface area contributed by atoms with Crippen molar-refractivity contribution in [2.75, 3.05) is 0 Å².